The summed E-state index contributed by atoms with van der Waals surface area (Å²) >= 11 is 0. The number of rotatable bonds is 9. The van der Waals surface area contributed by atoms with Gasteiger partial charge in [0.05, 0.1) is 12.9 Å². The lowest BCUT2D eigenvalue weighted by Crippen LogP contribution is -2.42. The normalized spacial score (nSPS) is 10.9. The first kappa shape index (κ1) is 23.5. The number of carbonyl (C=O) groups excluding carboxylic acids is 1. The molecule has 0 aliphatic rings. The lowest BCUT2D eigenvalue weighted by atomic mass is 10.1. The zero-order valence-corrected chi connectivity index (χ0v) is 19.2. The van der Waals surface area contributed by atoms with E-state index in [1.807, 2.05) is 18.2 Å². The van der Waals surface area contributed by atoms with E-state index in [-0.39, 0.29) is 29.9 Å². The number of nitrogens with zero attached hydrogens (tertiary/aromatic N) is 1. The highest BCUT2D eigenvalue weighted by Gasteiger charge is 2.06. The van der Waals surface area contributed by atoms with Crippen LogP contribution in [0.2, 0.25) is 0 Å². The van der Waals surface area contributed by atoms with Gasteiger partial charge in [0, 0.05) is 26.7 Å². The minimum Gasteiger partial charge on any atom is -0.494 e. The fraction of sp³-hybridized carbons (Fsp3) is 0.273. The van der Waals surface area contributed by atoms with E-state index in [1.54, 1.807) is 19.2 Å². The van der Waals surface area contributed by atoms with Crippen molar-refractivity contribution in [2.45, 2.75) is 6.42 Å². The van der Waals surface area contributed by atoms with Crippen LogP contribution in [0.25, 0.3) is 10.8 Å². The third-order valence-corrected chi connectivity index (χ3v) is 4.27. The van der Waals surface area contributed by atoms with Gasteiger partial charge in [-0.05, 0) is 41.5 Å². The van der Waals surface area contributed by atoms with Crippen molar-refractivity contribution in [2.24, 2.45) is 4.99 Å². The van der Waals surface area contributed by atoms with E-state index < -0.39 is 0 Å². The molecule has 1 aromatic heterocycles. The van der Waals surface area contributed by atoms with Crippen LogP contribution in [0.4, 0.5) is 0 Å². The first-order valence-corrected chi connectivity index (χ1v) is 9.64. The zero-order valence-electron chi connectivity index (χ0n) is 16.9. The zero-order chi connectivity index (χ0) is 20.3. The summed E-state index contributed by atoms with van der Waals surface area (Å²) < 4.78 is 10.9. The van der Waals surface area contributed by atoms with Crippen LogP contribution in [0.3, 0.4) is 0 Å². The van der Waals surface area contributed by atoms with Crippen LogP contribution in [0.15, 0.2) is 70.3 Å². The number of benzene rings is 2. The number of aliphatic imine (C=N–C) groups is 1. The molecule has 0 spiro atoms. The summed E-state index contributed by atoms with van der Waals surface area (Å²) in [5, 5.41) is 11.5. The van der Waals surface area contributed by atoms with Gasteiger partial charge < -0.3 is 25.1 Å². The van der Waals surface area contributed by atoms with E-state index in [4.69, 9.17) is 9.15 Å². The molecule has 0 radical (unpaired) electrons. The minimum absolute atomic E-state index is 0. The Labute approximate surface area is 193 Å². The maximum atomic E-state index is 11.8. The summed E-state index contributed by atoms with van der Waals surface area (Å²) in [5.74, 6) is 1.63. The first-order chi connectivity index (χ1) is 14.3. The molecular weight excluding hydrogens is 495 g/mol. The van der Waals surface area contributed by atoms with Crippen molar-refractivity contribution in [3.63, 3.8) is 0 Å². The fourth-order valence-corrected chi connectivity index (χ4v) is 2.80. The summed E-state index contributed by atoms with van der Waals surface area (Å²) in [6.07, 6.45) is 2.31. The molecular formula is C22H27IN4O3. The summed E-state index contributed by atoms with van der Waals surface area (Å²) in [7, 11) is 1.71. The number of furan rings is 1. The Bertz CT molecular complexity index is 944. The van der Waals surface area contributed by atoms with Crippen molar-refractivity contribution >= 4 is 46.6 Å². The van der Waals surface area contributed by atoms with E-state index in [0.717, 1.165) is 18.7 Å². The van der Waals surface area contributed by atoms with Gasteiger partial charge in [0.2, 0.25) is 0 Å². The summed E-state index contributed by atoms with van der Waals surface area (Å²) in [6, 6.07) is 17.7. The van der Waals surface area contributed by atoms with Gasteiger partial charge in [-0.3, -0.25) is 9.79 Å². The van der Waals surface area contributed by atoms with Gasteiger partial charge in [-0.15, -0.1) is 24.0 Å². The van der Waals surface area contributed by atoms with E-state index in [1.165, 1.54) is 17.0 Å². The molecule has 3 N–H and O–H groups in total. The lowest BCUT2D eigenvalue weighted by molar-refractivity contribution is 0.0926. The summed E-state index contributed by atoms with van der Waals surface area (Å²) in [4.78, 5) is 15.9. The summed E-state index contributed by atoms with van der Waals surface area (Å²) in [5.41, 5.74) is 0. The highest BCUT2D eigenvalue weighted by atomic mass is 127. The van der Waals surface area contributed by atoms with Gasteiger partial charge in [0.25, 0.3) is 5.91 Å². The van der Waals surface area contributed by atoms with Gasteiger partial charge in [-0.1, -0.05) is 30.3 Å². The van der Waals surface area contributed by atoms with Gasteiger partial charge in [0.15, 0.2) is 11.7 Å². The Morgan fingerprint density at radius 1 is 0.967 bits per heavy atom. The third kappa shape index (κ3) is 7.25. The largest absolute Gasteiger partial charge is 0.494 e. The second kappa shape index (κ2) is 12.7. The Morgan fingerprint density at radius 2 is 1.73 bits per heavy atom. The number of hydrogen-bond donors (Lipinski definition) is 3. The number of hydrogen-bond acceptors (Lipinski definition) is 4. The monoisotopic (exact) mass is 522 g/mol. The fourth-order valence-electron chi connectivity index (χ4n) is 2.80. The number of nitrogens with one attached hydrogen (secondary N) is 3. The molecule has 0 aliphatic heterocycles. The number of halogens is 1. The molecule has 0 atom stereocenters. The molecule has 1 amide bonds. The Morgan fingerprint density at radius 3 is 2.50 bits per heavy atom. The second-order valence-corrected chi connectivity index (χ2v) is 6.37. The third-order valence-electron chi connectivity index (χ3n) is 4.27. The predicted octanol–water partition coefficient (Wildman–Crippen LogP) is 3.41. The number of ether oxygens (including phenoxy) is 1. The van der Waals surface area contributed by atoms with E-state index in [9.17, 15) is 4.79 Å². The Kier molecular flexibility index (Phi) is 9.99. The molecule has 8 heteroatoms. The molecule has 0 aliphatic carbocycles. The molecule has 0 saturated carbocycles. The summed E-state index contributed by atoms with van der Waals surface area (Å²) in [6.45, 7) is 2.36. The van der Waals surface area contributed by atoms with Crippen molar-refractivity contribution in [1.29, 1.82) is 0 Å². The number of guanidine groups is 1. The van der Waals surface area contributed by atoms with Crippen molar-refractivity contribution in [3.8, 4) is 5.75 Å². The molecule has 3 rings (SSSR count). The highest BCUT2D eigenvalue weighted by Crippen LogP contribution is 2.20. The van der Waals surface area contributed by atoms with E-state index in [2.05, 4.69) is 45.2 Å². The Balaban J connectivity index is 0.00000320. The lowest BCUT2D eigenvalue weighted by Gasteiger charge is -2.12. The van der Waals surface area contributed by atoms with Gasteiger partial charge in [0.1, 0.15) is 5.75 Å². The SMILES string of the molecule is CN=C(NCCCOc1ccc2ccccc2c1)NCCNC(=O)c1ccco1.I. The van der Waals surface area contributed by atoms with Crippen molar-refractivity contribution in [3.05, 3.63) is 66.6 Å². The molecule has 3 aromatic rings. The van der Waals surface area contributed by atoms with Crippen LogP contribution in [0.1, 0.15) is 17.0 Å². The van der Waals surface area contributed by atoms with Crippen molar-refractivity contribution in [2.75, 3.05) is 33.3 Å². The standard InChI is InChI=1S/C22H26N4O3.HI/c1-23-22(26-13-12-24-21(27)20-8-4-14-29-20)25-11-5-15-28-19-10-9-17-6-2-3-7-18(17)16-19;/h2-4,6-10,14,16H,5,11-13,15H2,1H3,(H,24,27)(H2,23,25,26);1H. The van der Waals surface area contributed by atoms with Crippen LogP contribution in [0.5, 0.6) is 5.75 Å². The average Bonchev–Trinajstić information content (AvgIpc) is 3.30. The molecule has 0 fully saturated rings. The van der Waals surface area contributed by atoms with Crippen LogP contribution >= 0.6 is 24.0 Å². The maximum Gasteiger partial charge on any atom is 0.287 e. The number of carbonyl (C=O) groups is 1. The van der Waals surface area contributed by atoms with Gasteiger partial charge in [-0.2, -0.15) is 0 Å². The topological polar surface area (TPSA) is 87.9 Å². The molecule has 160 valence electrons. The van der Waals surface area contributed by atoms with Crippen LogP contribution in [-0.2, 0) is 0 Å². The molecule has 7 nitrogen and oxygen atoms in total. The Hall–Kier alpha value is -2.75. The van der Waals surface area contributed by atoms with Crippen LogP contribution in [0, 0.1) is 0 Å². The molecule has 2 aromatic carbocycles. The van der Waals surface area contributed by atoms with E-state index >= 15 is 0 Å². The molecule has 0 unspecified atom stereocenters. The van der Waals surface area contributed by atoms with Crippen LogP contribution < -0.4 is 20.7 Å². The number of fused-ring (bicyclic) bond motifs is 1. The first-order valence-electron chi connectivity index (χ1n) is 9.64. The van der Waals surface area contributed by atoms with Crippen molar-refractivity contribution < 1.29 is 13.9 Å². The maximum absolute atomic E-state index is 11.8. The minimum atomic E-state index is -0.231. The average molecular weight is 522 g/mol. The van der Waals surface area contributed by atoms with Crippen molar-refractivity contribution in [1.82, 2.24) is 16.0 Å². The molecule has 1 heterocycles. The highest BCUT2D eigenvalue weighted by molar-refractivity contribution is 14.0. The molecule has 0 saturated heterocycles. The second-order valence-electron chi connectivity index (χ2n) is 6.37. The molecule has 30 heavy (non-hydrogen) atoms. The number of amides is 1. The van der Waals surface area contributed by atoms with Gasteiger partial charge >= 0.3 is 0 Å². The molecule has 0 bridgehead atoms. The quantitative estimate of drug-likeness (QED) is 0.174. The van der Waals surface area contributed by atoms with Gasteiger partial charge in [-0.25, -0.2) is 0 Å². The van der Waals surface area contributed by atoms with Crippen LogP contribution in [-0.4, -0.2) is 45.2 Å². The van der Waals surface area contributed by atoms with E-state index in [0.29, 0.717) is 31.4 Å². The predicted molar refractivity (Wildman–Crippen MR) is 130 cm³/mol. The smallest absolute Gasteiger partial charge is 0.287 e.